The zero-order chi connectivity index (χ0) is 15.4. The van der Waals surface area contributed by atoms with Crippen molar-refractivity contribution in [1.29, 1.82) is 0 Å². The Morgan fingerprint density at radius 1 is 1.33 bits per heavy atom. The fourth-order valence-corrected chi connectivity index (χ4v) is 2.93. The standard InChI is InChI=1S/C16H21N5O.2ClH/c17-14-4-1-3-13(14)10-16(22)19-11-12-5-7-18-15(9-12)21-8-2-6-20-21;;/h2,5-9,13-14H,1,3-4,10-11,17H2,(H,19,22);2*1H/t13-,14+;;/m0../s1. The van der Waals surface area contributed by atoms with Crippen LogP contribution in [0.2, 0.25) is 0 Å². The first-order valence-electron chi connectivity index (χ1n) is 7.69. The number of aromatic nitrogens is 3. The molecule has 3 rings (SSSR count). The molecule has 6 nitrogen and oxygen atoms in total. The molecule has 0 unspecified atom stereocenters. The summed E-state index contributed by atoms with van der Waals surface area (Å²) in [6.45, 7) is 0.498. The molecule has 2 aromatic heterocycles. The lowest BCUT2D eigenvalue weighted by Gasteiger charge is -2.14. The van der Waals surface area contributed by atoms with Crippen molar-refractivity contribution >= 4 is 30.7 Å². The van der Waals surface area contributed by atoms with Crippen LogP contribution in [0.3, 0.4) is 0 Å². The number of nitrogens with two attached hydrogens (primary N) is 1. The summed E-state index contributed by atoms with van der Waals surface area (Å²) < 4.78 is 1.70. The first-order valence-corrected chi connectivity index (χ1v) is 7.69. The molecule has 1 saturated carbocycles. The Bertz CT molecular complexity index is 635. The quantitative estimate of drug-likeness (QED) is 0.843. The summed E-state index contributed by atoms with van der Waals surface area (Å²) in [7, 11) is 0. The highest BCUT2D eigenvalue weighted by atomic mass is 35.5. The Morgan fingerprint density at radius 2 is 2.17 bits per heavy atom. The predicted molar refractivity (Wildman–Crippen MR) is 97.6 cm³/mol. The lowest BCUT2D eigenvalue weighted by atomic mass is 10.00. The second-order valence-corrected chi connectivity index (χ2v) is 5.81. The highest BCUT2D eigenvalue weighted by molar-refractivity contribution is 5.85. The van der Waals surface area contributed by atoms with Crippen LogP contribution in [0, 0.1) is 5.92 Å². The molecule has 0 spiro atoms. The van der Waals surface area contributed by atoms with Crippen LogP contribution in [0.15, 0.2) is 36.8 Å². The molecule has 1 aliphatic carbocycles. The van der Waals surface area contributed by atoms with Gasteiger partial charge in [0.2, 0.25) is 5.91 Å². The number of pyridine rings is 1. The molecule has 2 aromatic rings. The van der Waals surface area contributed by atoms with Crippen LogP contribution in [0.1, 0.15) is 31.2 Å². The van der Waals surface area contributed by atoms with Gasteiger partial charge in [-0.15, -0.1) is 24.8 Å². The zero-order valence-electron chi connectivity index (χ0n) is 13.3. The van der Waals surface area contributed by atoms with E-state index in [2.05, 4.69) is 15.4 Å². The maximum Gasteiger partial charge on any atom is 0.220 e. The van der Waals surface area contributed by atoms with Crippen LogP contribution in [0.25, 0.3) is 5.82 Å². The summed E-state index contributed by atoms with van der Waals surface area (Å²) >= 11 is 0. The predicted octanol–water partition coefficient (Wildman–Crippen LogP) is 2.24. The smallest absolute Gasteiger partial charge is 0.220 e. The molecule has 0 bridgehead atoms. The highest BCUT2D eigenvalue weighted by Crippen LogP contribution is 2.26. The monoisotopic (exact) mass is 371 g/mol. The third kappa shape index (κ3) is 5.19. The van der Waals surface area contributed by atoms with Crippen molar-refractivity contribution in [2.24, 2.45) is 11.7 Å². The SMILES string of the molecule is Cl.Cl.N[C@@H]1CCC[C@H]1CC(=O)NCc1ccnc(-n2cccn2)c1. The lowest BCUT2D eigenvalue weighted by Crippen LogP contribution is -2.31. The van der Waals surface area contributed by atoms with Gasteiger partial charge in [0.15, 0.2) is 5.82 Å². The third-order valence-electron chi connectivity index (χ3n) is 4.20. The Kier molecular flexibility index (Phi) is 8.18. The van der Waals surface area contributed by atoms with Gasteiger partial charge in [-0.25, -0.2) is 9.67 Å². The number of hydrogen-bond donors (Lipinski definition) is 2. The molecule has 24 heavy (non-hydrogen) atoms. The molecule has 0 saturated heterocycles. The molecule has 8 heteroatoms. The van der Waals surface area contributed by atoms with Crippen LogP contribution in [-0.4, -0.2) is 26.7 Å². The van der Waals surface area contributed by atoms with E-state index in [4.69, 9.17) is 5.73 Å². The molecular weight excluding hydrogens is 349 g/mol. The van der Waals surface area contributed by atoms with Gasteiger partial charge in [0, 0.05) is 37.6 Å². The highest BCUT2D eigenvalue weighted by Gasteiger charge is 2.25. The summed E-state index contributed by atoms with van der Waals surface area (Å²) in [6.07, 6.45) is 9.04. The first-order chi connectivity index (χ1) is 10.7. The molecule has 0 aliphatic heterocycles. The van der Waals surface area contributed by atoms with Crippen LogP contribution in [0.4, 0.5) is 0 Å². The molecule has 0 aromatic carbocycles. The molecule has 132 valence electrons. The number of nitrogens with one attached hydrogen (secondary N) is 1. The lowest BCUT2D eigenvalue weighted by molar-refractivity contribution is -0.122. The molecule has 2 atom stereocenters. The number of halogens is 2. The minimum Gasteiger partial charge on any atom is -0.352 e. The van der Waals surface area contributed by atoms with E-state index in [9.17, 15) is 4.79 Å². The van der Waals surface area contributed by atoms with Gasteiger partial charge in [-0.3, -0.25) is 4.79 Å². The molecule has 1 fully saturated rings. The van der Waals surface area contributed by atoms with E-state index in [1.807, 2.05) is 24.4 Å². The van der Waals surface area contributed by atoms with E-state index in [-0.39, 0.29) is 36.8 Å². The molecule has 0 radical (unpaired) electrons. The fourth-order valence-electron chi connectivity index (χ4n) is 2.93. The Labute approximate surface area is 154 Å². The van der Waals surface area contributed by atoms with Crippen LogP contribution in [0.5, 0.6) is 0 Å². The number of rotatable bonds is 5. The van der Waals surface area contributed by atoms with E-state index in [1.54, 1.807) is 17.1 Å². The average Bonchev–Trinajstić information content (AvgIpc) is 3.18. The zero-order valence-corrected chi connectivity index (χ0v) is 14.9. The van der Waals surface area contributed by atoms with Gasteiger partial charge in [0.25, 0.3) is 0 Å². The third-order valence-corrected chi connectivity index (χ3v) is 4.20. The molecule has 3 N–H and O–H groups in total. The summed E-state index contributed by atoms with van der Waals surface area (Å²) in [4.78, 5) is 16.3. The molecule has 2 heterocycles. The van der Waals surface area contributed by atoms with Crippen molar-refractivity contribution in [3.63, 3.8) is 0 Å². The summed E-state index contributed by atoms with van der Waals surface area (Å²) in [5.41, 5.74) is 7.01. The summed E-state index contributed by atoms with van der Waals surface area (Å²) in [5.74, 6) is 1.14. The maximum absolute atomic E-state index is 12.0. The Hall–Kier alpha value is -1.63. The first kappa shape index (κ1) is 20.4. The normalized spacial score (nSPS) is 19.2. The Morgan fingerprint density at radius 3 is 2.83 bits per heavy atom. The van der Waals surface area contributed by atoms with E-state index in [1.165, 1.54) is 0 Å². The van der Waals surface area contributed by atoms with Crippen LogP contribution < -0.4 is 11.1 Å². The number of hydrogen-bond acceptors (Lipinski definition) is 4. The number of nitrogens with zero attached hydrogens (tertiary/aromatic N) is 3. The molecule has 1 aliphatic rings. The molecule has 1 amide bonds. The van der Waals surface area contributed by atoms with Gasteiger partial charge in [0.05, 0.1) is 0 Å². The van der Waals surface area contributed by atoms with Gasteiger partial charge in [0.1, 0.15) is 0 Å². The Balaban J connectivity index is 0.00000144. The van der Waals surface area contributed by atoms with Crippen LogP contribution >= 0.6 is 24.8 Å². The maximum atomic E-state index is 12.0. The van der Waals surface area contributed by atoms with E-state index < -0.39 is 0 Å². The van der Waals surface area contributed by atoms with E-state index >= 15 is 0 Å². The van der Waals surface area contributed by atoms with Crippen molar-refractivity contribution in [2.45, 2.75) is 38.3 Å². The second-order valence-electron chi connectivity index (χ2n) is 5.81. The average molecular weight is 372 g/mol. The van der Waals surface area contributed by atoms with Crippen molar-refractivity contribution in [3.05, 3.63) is 42.4 Å². The van der Waals surface area contributed by atoms with Gasteiger partial charge in [-0.2, -0.15) is 5.10 Å². The van der Waals surface area contributed by atoms with Gasteiger partial charge >= 0.3 is 0 Å². The minimum atomic E-state index is 0. The summed E-state index contributed by atoms with van der Waals surface area (Å²) in [6, 6.07) is 5.85. The fraction of sp³-hybridized carbons (Fsp3) is 0.438. The number of amides is 1. The number of carbonyl (C=O) groups excluding carboxylic acids is 1. The van der Waals surface area contributed by atoms with Crippen molar-refractivity contribution in [2.75, 3.05) is 0 Å². The largest absolute Gasteiger partial charge is 0.352 e. The van der Waals surface area contributed by atoms with Gasteiger partial charge in [-0.1, -0.05) is 6.42 Å². The molecular formula is C16H23Cl2N5O. The van der Waals surface area contributed by atoms with E-state index in [0.717, 1.165) is 30.6 Å². The topological polar surface area (TPSA) is 85.8 Å². The van der Waals surface area contributed by atoms with Gasteiger partial charge in [-0.05, 0) is 42.5 Å². The minimum absolute atomic E-state index is 0. The van der Waals surface area contributed by atoms with Crippen molar-refractivity contribution < 1.29 is 4.79 Å². The van der Waals surface area contributed by atoms with Crippen LogP contribution in [-0.2, 0) is 11.3 Å². The van der Waals surface area contributed by atoms with Crippen molar-refractivity contribution in [1.82, 2.24) is 20.1 Å². The van der Waals surface area contributed by atoms with Gasteiger partial charge < -0.3 is 11.1 Å². The summed E-state index contributed by atoms with van der Waals surface area (Å²) in [5, 5.41) is 7.12. The van der Waals surface area contributed by atoms with E-state index in [0.29, 0.717) is 18.9 Å². The number of carbonyl (C=O) groups is 1. The second kappa shape index (κ2) is 9.61. The van der Waals surface area contributed by atoms with Crippen molar-refractivity contribution in [3.8, 4) is 5.82 Å².